The molecule has 1 aliphatic rings. The number of hydrogen-bond acceptors (Lipinski definition) is 6. The zero-order valence-corrected chi connectivity index (χ0v) is 10.3. The highest BCUT2D eigenvalue weighted by Gasteiger charge is 2.33. The van der Waals surface area contributed by atoms with Crippen LogP contribution >= 0.6 is 0 Å². The fraction of sp³-hybridized carbons (Fsp3) is 0.364. The van der Waals surface area contributed by atoms with Crippen LogP contribution in [-0.2, 0) is 0 Å². The molecule has 0 aromatic carbocycles. The monoisotopic (exact) mass is 256 g/mol. The van der Waals surface area contributed by atoms with E-state index in [2.05, 4.69) is 40.2 Å². The van der Waals surface area contributed by atoms with Crippen molar-refractivity contribution in [2.24, 2.45) is 0 Å². The Bertz CT molecular complexity index is 723. The molecule has 0 spiro atoms. The van der Waals surface area contributed by atoms with Gasteiger partial charge in [-0.3, -0.25) is 10.2 Å². The van der Waals surface area contributed by atoms with Gasteiger partial charge in [-0.1, -0.05) is 0 Å². The molecule has 19 heavy (non-hydrogen) atoms. The maximum atomic E-state index is 4.37. The molecule has 0 atom stereocenters. The molecular weight excluding hydrogens is 244 g/mol. The molecule has 96 valence electrons. The van der Waals surface area contributed by atoms with Crippen LogP contribution in [0.15, 0.2) is 12.5 Å². The molecule has 4 rings (SSSR count). The Hall–Kier alpha value is -2.51. The van der Waals surface area contributed by atoms with Crippen LogP contribution in [0.3, 0.4) is 0 Å². The number of aromatic nitrogens is 7. The Kier molecular flexibility index (Phi) is 2.05. The fourth-order valence-electron chi connectivity index (χ4n) is 2.36. The van der Waals surface area contributed by atoms with E-state index < -0.39 is 0 Å². The van der Waals surface area contributed by atoms with Gasteiger partial charge < -0.3 is 4.90 Å². The van der Waals surface area contributed by atoms with Gasteiger partial charge in [-0.25, -0.2) is 15.0 Å². The van der Waals surface area contributed by atoms with E-state index in [1.165, 1.54) is 0 Å². The van der Waals surface area contributed by atoms with Crippen molar-refractivity contribution in [3.8, 4) is 0 Å². The van der Waals surface area contributed by atoms with Crippen molar-refractivity contribution in [3.05, 3.63) is 24.2 Å². The van der Waals surface area contributed by atoms with Crippen molar-refractivity contribution in [2.75, 3.05) is 18.0 Å². The smallest absolute Gasteiger partial charge is 0.160 e. The lowest BCUT2D eigenvalue weighted by atomic mass is 9.99. The lowest BCUT2D eigenvalue weighted by Crippen LogP contribution is -2.46. The minimum atomic E-state index is 0.363. The van der Waals surface area contributed by atoms with Crippen LogP contribution in [0.25, 0.3) is 11.0 Å². The number of fused-ring (bicyclic) bond motifs is 1. The summed E-state index contributed by atoms with van der Waals surface area (Å²) in [5, 5.41) is 14.9. The molecule has 2 N–H and O–H groups in total. The topological polar surface area (TPSA) is 99.3 Å². The summed E-state index contributed by atoms with van der Waals surface area (Å²) in [7, 11) is 0. The van der Waals surface area contributed by atoms with Gasteiger partial charge in [0.25, 0.3) is 0 Å². The number of H-pyrrole nitrogens is 2. The van der Waals surface area contributed by atoms with Gasteiger partial charge in [0.2, 0.25) is 0 Å². The number of aromatic amines is 2. The van der Waals surface area contributed by atoms with Gasteiger partial charge in [0.15, 0.2) is 11.5 Å². The van der Waals surface area contributed by atoms with E-state index in [1.807, 2.05) is 6.92 Å². The first-order valence-electron chi connectivity index (χ1n) is 6.09. The molecule has 4 heterocycles. The first-order valence-corrected chi connectivity index (χ1v) is 6.09. The van der Waals surface area contributed by atoms with Gasteiger partial charge in [0.1, 0.15) is 18.0 Å². The predicted octanol–water partition coefficient (Wildman–Crippen LogP) is 0.383. The highest BCUT2D eigenvalue weighted by molar-refractivity contribution is 5.86. The lowest BCUT2D eigenvalue weighted by Gasteiger charge is -2.38. The van der Waals surface area contributed by atoms with Crippen LogP contribution in [0, 0.1) is 6.92 Å². The summed E-state index contributed by atoms with van der Waals surface area (Å²) in [5.74, 6) is 3.02. The fourth-order valence-corrected chi connectivity index (χ4v) is 2.36. The van der Waals surface area contributed by atoms with Crippen LogP contribution < -0.4 is 4.90 Å². The van der Waals surface area contributed by atoms with Crippen molar-refractivity contribution in [1.29, 1.82) is 0 Å². The Morgan fingerprint density at radius 3 is 2.95 bits per heavy atom. The van der Waals surface area contributed by atoms with E-state index in [1.54, 1.807) is 12.5 Å². The molecular formula is C11H12N8. The molecule has 1 aliphatic heterocycles. The third-order valence-electron chi connectivity index (χ3n) is 3.39. The summed E-state index contributed by atoms with van der Waals surface area (Å²) in [5.41, 5.74) is 0.766. The van der Waals surface area contributed by atoms with E-state index in [0.717, 1.165) is 41.6 Å². The largest absolute Gasteiger partial charge is 0.354 e. The number of nitrogens with one attached hydrogen (secondary N) is 2. The number of aryl methyl sites for hydroxylation is 1. The minimum absolute atomic E-state index is 0.363. The van der Waals surface area contributed by atoms with Gasteiger partial charge in [-0.2, -0.15) is 10.2 Å². The lowest BCUT2D eigenvalue weighted by molar-refractivity contribution is 0.499. The molecule has 0 radical (unpaired) electrons. The summed E-state index contributed by atoms with van der Waals surface area (Å²) in [6.45, 7) is 3.65. The highest BCUT2D eigenvalue weighted by atomic mass is 15.3. The SMILES string of the molecule is Cc1nc(C2CN(c3ncnc4[nH]ncc34)C2)n[nH]1. The number of nitrogens with zero attached hydrogens (tertiary/aromatic N) is 6. The molecule has 1 saturated heterocycles. The summed E-state index contributed by atoms with van der Waals surface area (Å²) in [6, 6.07) is 0. The number of rotatable bonds is 2. The molecule has 0 unspecified atom stereocenters. The van der Waals surface area contributed by atoms with E-state index in [0.29, 0.717) is 5.92 Å². The van der Waals surface area contributed by atoms with Crippen molar-refractivity contribution in [3.63, 3.8) is 0 Å². The molecule has 8 heteroatoms. The molecule has 3 aromatic rings. The van der Waals surface area contributed by atoms with Crippen molar-refractivity contribution in [1.82, 2.24) is 35.3 Å². The average Bonchev–Trinajstić information content (AvgIpc) is 2.96. The highest BCUT2D eigenvalue weighted by Crippen LogP contribution is 2.31. The quantitative estimate of drug-likeness (QED) is 0.687. The van der Waals surface area contributed by atoms with Gasteiger partial charge in [0.05, 0.1) is 17.5 Å². The standard InChI is InChI=1S/C11H12N8/c1-6-15-9(18-16-6)7-3-19(4-7)11-8-2-14-17-10(8)12-5-13-11/h2,5,7H,3-4H2,1H3,(H,15,16,18)(H,12,13,14,17). The second-order valence-electron chi connectivity index (χ2n) is 4.71. The van der Waals surface area contributed by atoms with Crippen LogP contribution in [0.1, 0.15) is 17.6 Å². The molecule has 0 aliphatic carbocycles. The maximum absolute atomic E-state index is 4.37. The average molecular weight is 256 g/mol. The second-order valence-corrected chi connectivity index (χ2v) is 4.71. The molecule has 0 saturated carbocycles. The van der Waals surface area contributed by atoms with Gasteiger partial charge >= 0.3 is 0 Å². The van der Waals surface area contributed by atoms with Crippen LogP contribution in [0.4, 0.5) is 5.82 Å². The molecule has 0 bridgehead atoms. The summed E-state index contributed by atoms with van der Waals surface area (Å²) >= 11 is 0. The zero-order valence-electron chi connectivity index (χ0n) is 10.3. The minimum Gasteiger partial charge on any atom is -0.354 e. The zero-order chi connectivity index (χ0) is 12.8. The molecule has 3 aromatic heterocycles. The Labute approximate surface area is 108 Å². The summed E-state index contributed by atoms with van der Waals surface area (Å²) < 4.78 is 0. The third kappa shape index (κ3) is 1.56. The Balaban J connectivity index is 1.58. The van der Waals surface area contributed by atoms with E-state index in [4.69, 9.17) is 0 Å². The maximum Gasteiger partial charge on any atom is 0.160 e. The van der Waals surface area contributed by atoms with E-state index >= 15 is 0 Å². The van der Waals surface area contributed by atoms with Crippen molar-refractivity contribution in [2.45, 2.75) is 12.8 Å². The normalized spacial score (nSPS) is 15.9. The molecule has 1 fully saturated rings. The van der Waals surface area contributed by atoms with E-state index in [-0.39, 0.29) is 0 Å². The van der Waals surface area contributed by atoms with Crippen molar-refractivity contribution < 1.29 is 0 Å². The number of anilines is 1. The first kappa shape index (κ1) is 10.4. The van der Waals surface area contributed by atoms with Crippen LogP contribution in [0.2, 0.25) is 0 Å². The van der Waals surface area contributed by atoms with Crippen LogP contribution in [0.5, 0.6) is 0 Å². The van der Waals surface area contributed by atoms with Gasteiger partial charge in [-0.15, -0.1) is 0 Å². The number of hydrogen-bond donors (Lipinski definition) is 2. The Morgan fingerprint density at radius 2 is 2.16 bits per heavy atom. The predicted molar refractivity (Wildman–Crippen MR) is 67.8 cm³/mol. The Morgan fingerprint density at radius 1 is 1.26 bits per heavy atom. The summed E-state index contributed by atoms with van der Waals surface area (Å²) in [4.78, 5) is 15.0. The first-order chi connectivity index (χ1) is 9.31. The van der Waals surface area contributed by atoms with Crippen LogP contribution in [-0.4, -0.2) is 48.4 Å². The summed E-state index contributed by atoms with van der Waals surface area (Å²) in [6.07, 6.45) is 3.31. The van der Waals surface area contributed by atoms with E-state index in [9.17, 15) is 0 Å². The van der Waals surface area contributed by atoms with Gasteiger partial charge in [0, 0.05) is 13.1 Å². The third-order valence-corrected chi connectivity index (χ3v) is 3.39. The molecule has 8 nitrogen and oxygen atoms in total. The second kappa shape index (κ2) is 3.74. The van der Waals surface area contributed by atoms with Gasteiger partial charge in [-0.05, 0) is 6.92 Å². The van der Waals surface area contributed by atoms with Crippen molar-refractivity contribution >= 4 is 16.9 Å². The molecule has 0 amide bonds.